The summed E-state index contributed by atoms with van der Waals surface area (Å²) in [5.74, 6) is -0.190. The van der Waals surface area contributed by atoms with Crippen molar-refractivity contribution in [1.29, 1.82) is 0 Å². The van der Waals surface area contributed by atoms with E-state index in [2.05, 4.69) is 53.6 Å². The van der Waals surface area contributed by atoms with Crippen LogP contribution in [0.4, 0.5) is 4.79 Å². The van der Waals surface area contributed by atoms with Crippen LogP contribution in [0.15, 0.2) is 59.6 Å². The number of aryl methyl sites for hydroxylation is 1. The normalized spacial score (nSPS) is 23.9. The third kappa shape index (κ3) is 4.43. The maximum Gasteiger partial charge on any atom is 0.286 e. The molecule has 1 N–H and O–H groups in total. The highest BCUT2D eigenvalue weighted by Gasteiger charge is 2.36. The number of rotatable bonds is 7. The van der Waals surface area contributed by atoms with Gasteiger partial charge in [0, 0.05) is 0 Å². The molecule has 2 heterocycles. The van der Waals surface area contributed by atoms with E-state index in [1.54, 1.807) is 0 Å². The Kier molecular flexibility index (Phi) is 5.83. The highest BCUT2D eigenvalue weighted by molar-refractivity contribution is 8.15. The van der Waals surface area contributed by atoms with E-state index >= 15 is 0 Å². The summed E-state index contributed by atoms with van der Waals surface area (Å²) in [5, 5.41) is 1.77. The topological polar surface area (TPSA) is 67.8 Å². The summed E-state index contributed by atoms with van der Waals surface area (Å²) < 4.78 is 5.97. The van der Waals surface area contributed by atoms with Gasteiger partial charge in [-0.05, 0) is 49.3 Å². The van der Waals surface area contributed by atoms with Gasteiger partial charge in [-0.2, -0.15) is 0 Å². The van der Waals surface area contributed by atoms with Crippen LogP contribution >= 0.6 is 11.8 Å². The highest BCUT2D eigenvalue weighted by Crippen LogP contribution is 2.33. The lowest BCUT2D eigenvalue weighted by atomic mass is 9.88. The zero-order valence-electron chi connectivity index (χ0n) is 16.4. The molecule has 0 aliphatic carbocycles. The molecule has 2 unspecified atom stereocenters. The summed E-state index contributed by atoms with van der Waals surface area (Å²) in [4.78, 5) is 27.6. The molecule has 4 rings (SSSR count). The van der Waals surface area contributed by atoms with Crippen LogP contribution in [0.25, 0.3) is 0 Å². The maximum absolute atomic E-state index is 11.7. The molecule has 0 bridgehead atoms. The Labute approximate surface area is 174 Å². The second kappa shape index (κ2) is 8.51. The third-order valence-electron chi connectivity index (χ3n) is 5.57. The van der Waals surface area contributed by atoms with Crippen LogP contribution < -0.4 is 5.32 Å². The first-order chi connectivity index (χ1) is 14.0. The van der Waals surface area contributed by atoms with Crippen molar-refractivity contribution in [2.75, 3.05) is 6.73 Å². The molecule has 2 amide bonds. The monoisotopic (exact) mass is 408 g/mol. The van der Waals surface area contributed by atoms with Crippen LogP contribution in [0.1, 0.15) is 36.5 Å². The van der Waals surface area contributed by atoms with E-state index in [-0.39, 0.29) is 16.4 Å². The largest absolute Gasteiger partial charge is 0.342 e. The van der Waals surface area contributed by atoms with Crippen molar-refractivity contribution in [2.24, 2.45) is 4.99 Å². The average Bonchev–Trinajstić information content (AvgIpc) is 3.26. The average molecular weight is 409 g/mol. The second-order valence-electron chi connectivity index (χ2n) is 7.53. The number of nitrogens with one attached hydrogen (secondary N) is 1. The molecule has 0 saturated carbocycles. The van der Waals surface area contributed by atoms with Crippen molar-refractivity contribution >= 4 is 28.6 Å². The van der Waals surface area contributed by atoms with Gasteiger partial charge in [-0.15, -0.1) is 0 Å². The number of carbonyl (C=O) groups is 2. The predicted molar refractivity (Wildman–Crippen MR) is 115 cm³/mol. The number of benzene rings is 2. The van der Waals surface area contributed by atoms with Crippen molar-refractivity contribution < 1.29 is 14.3 Å². The Morgan fingerprint density at radius 1 is 1.07 bits per heavy atom. The minimum atomic E-state index is -0.428. The molecule has 2 atom stereocenters. The van der Waals surface area contributed by atoms with E-state index in [0.29, 0.717) is 13.2 Å². The SMILES string of the molecule is CC1(c2ccccc2)OCN=C1CCCc1ccc(CC2SC(=O)NC2=O)cc1. The molecule has 0 radical (unpaired) electrons. The zero-order valence-corrected chi connectivity index (χ0v) is 17.2. The van der Waals surface area contributed by atoms with Crippen molar-refractivity contribution in [1.82, 2.24) is 5.32 Å². The first-order valence-electron chi connectivity index (χ1n) is 9.87. The number of hydrogen-bond donors (Lipinski definition) is 1. The number of carbonyl (C=O) groups excluding carboxylic acids is 2. The Bertz CT molecular complexity index is 927. The fraction of sp³-hybridized carbons (Fsp3) is 0.348. The van der Waals surface area contributed by atoms with Crippen LogP contribution in [-0.4, -0.2) is 28.8 Å². The Morgan fingerprint density at radius 3 is 2.48 bits per heavy atom. The summed E-state index contributed by atoms with van der Waals surface area (Å²) >= 11 is 1.07. The maximum atomic E-state index is 11.7. The zero-order chi connectivity index (χ0) is 20.3. The van der Waals surface area contributed by atoms with E-state index in [9.17, 15) is 9.59 Å². The standard InChI is InChI=1S/C23H24N2O3S/c1-23(18-7-3-2-4-8-18)20(24-15-28-23)9-5-6-16-10-12-17(13-11-16)14-19-21(26)25-22(27)29-19/h2-4,7-8,10-13,19H,5-6,9,14-15H2,1H3,(H,25,26,27). The minimum Gasteiger partial charge on any atom is -0.342 e. The van der Waals surface area contributed by atoms with Gasteiger partial charge in [-0.1, -0.05) is 66.4 Å². The number of amides is 2. The van der Waals surface area contributed by atoms with E-state index in [0.717, 1.165) is 47.9 Å². The van der Waals surface area contributed by atoms with Crippen molar-refractivity contribution in [3.8, 4) is 0 Å². The number of ether oxygens (including phenoxy) is 1. The number of hydrogen-bond acceptors (Lipinski definition) is 5. The first kappa shape index (κ1) is 19.9. The molecule has 1 saturated heterocycles. The van der Waals surface area contributed by atoms with Gasteiger partial charge in [0.25, 0.3) is 5.24 Å². The summed E-state index contributed by atoms with van der Waals surface area (Å²) in [6.07, 6.45) is 3.43. The summed E-state index contributed by atoms with van der Waals surface area (Å²) in [5.41, 5.74) is 4.15. The van der Waals surface area contributed by atoms with Gasteiger partial charge in [-0.3, -0.25) is 19.9 Å². The Balaban J connectivity index is 1.31. The molecule has 5 nitrogen and oxygen atoms in total. The lowest BCUT2D eigenvalue weighted by Gasteiger charge is -2.26. The fourth-order valence-corrected chi connectivity index (χ4v) is 4.70. The van der Waals surface area contributed by atoms with Gasteiger partial charge in [0.15, 0.2) is 0 Å². The molecule has 2 aliphatic heterocycles. The van der Waals surface area contributed by atoms with Crippen LogP contribution in [0.3, 0.4) is 0 Å². The molecular formula is C23H24N2O3S. The molecule has 0 spiro atoms. The summed E-state index contributed by atoms with van der Waals surface area (Å²) in [6.45, 7) is 2.52. The molecule has 29 heavy (non-hydrogen) atoms. The van der Waals surface area contributed by atoms with Gasteiger partial charge in [0.2, 0.25) is 5.91 Å². The first-order valence-corrected chi connectivity index (χ1v) is 10.7. The van der Waals surface area contributed by atoms with E-state index in [1.165, 1.54) is 5.56 Å². The molecule has 1 fully saturated rings. The van der Waals surface area contributed by atoms with Crippen LogP contribution in [0, 0.1) is 0 Å². The number of aliphatic imine (C=N–C) groups is 1. The van der Waals surface area contributed by atoms with E-state index in [1.807, 2.05) is 18.2 Å². The molecule has 6 heteroatoms. The van der Waals surface area contributed by atoms with Crippen molar-refractivity contribution in [2.45, 2.75) is 43.5 Å². The van der Waals surface area contributed by atoms with Gasteiger partial charge in [-0.25, -0.2) is 0 Å². The Hall–Kier alpha value is -2.44. The predicted octanol–water partition coefficient (Wildman–Crippen LogP) is 4.25. The van der Waals surface area contributed by atoms with E-state index < -0.39 is 5.60 Å². The van der Waals surface area contributed by atoms with Crippen LogP contribution in [0.2, 0.25) is 0 Å². The minimum absolute atomic E-state index is 0.190. The highest BCUT2D eigenvalue weighted by atomic mass is 32.2. The van der Waals surface area contributed by atoms with Gasteiger partial charge >= 0.3 is 0 Å². The fourth-order valence-electron chi connectivity index (χ4n) is 3.84. The molecule has 0 aromatic heterocycles. The molecular weight excluding hydrogens is 384 g/mol. The molecule has 2 aliphatic rings. The lowest BCUT2D eigenvalue weighted by molar-refractivity contribution is -0.118. The summed E-state index contributed by atoms with van der Waals surface area (Å²) in [6, 6.07) is 18.6. The van der Waals surface area contributed by atoms with Crippen LogP contribution in [0.5, 0.6) is 0 Å². The number of imide groups is 1. The lowest BCUT2D eigenvalue weighted by Crippen LogP contribution is -2.31. The van der Waals surface area contributed by atoms with Gasteiger partial charge < -0.3 is 4.74 Å². The number of thioether (sulfide) groups is 1. The third-order valence-corrected chi connectivity index (χ3v) is 6.56. The summed E-state index contributed by atoms with van der Waals surface area (Å²) in [7, 11) is 0. The molecule has 2 aromatic carbocycles. The molecule has 2 aromatic rings. The second-order valence-corrected chi connectivity index (χ2v) is 8.71. The smallest absolute Gasteiger partial charge is 0.286 e. The molecule has 150 valence electrons. The van der Waals surface area contributed by atoms with Crippen molar-refractivity contribution in [3.63, 3.8) is 0 Å². The van der Waals surface area contributed by atoms with Crippen LogP contribution in [-0.2, 0) is 28.0 Å². The Morgan fingerprint density at radius 2 is 1.79 bits per heavy atom. The van der Waals surface area contributed by atoms with Crippen molar-refractivity contribution in [3.05, 3.63) is 71.3 Å². The van der Waals surface area contributed by atoms with Gasteiger partial charge in [0.1, 0.15) is 12.3 Å². The van der Waals surface area contributed by atoms with E-state index in [4.69, 9.17) is 4.74 Å². The van der Waals surface area contributed by atoms with Gasteiger partial charge in [0.05, 0.1) is 11.0 Å². The quantitative estimate of drug-likeness (QED) is 0.744. The number of nitrogens with zero attached hydrogens (tertiary/aromatic N) is 1.